The highest BCUT2D eigenvalue weighted by Crippen LogP contribution is 2.33. The standard InChI is InChI=1S/C28H29N5O2/c1-31(2)15-16-32(3)20-13-14-22-23(17-20)30-27(29-22)25-26(34)21-11-7-8-12-24(21)33(28(25)35)18-19-9-5-4-6-10-19/h4-14,17,34H,15-16,18H2,1-3H3,(H,29,30). The summed E-state index contributed by atoms with van der Waals surface area (Å²) in [7, 11) is 6.16. The topological polar surface area (TPSA) is 77.4 Å². The molecule has 7 nitrogen and oxygen atoms in total. The van der Waals surface area contributed by atoms with Gasteiger partial charge in [-0.2, -0.15) is 0 Å². The van der Waals surface area contributed by atoms with Crippen LogP contribution in [0.1, 0.15) is 5.56 Å². The number of imidazole rings is 1. The van der Waals surface area contributed by atoms with Crippen molar-refractivity contribution in [1.82, 2.24) is 19.4 Å². The minimum atomic E-state index is -0.285. The van der Waals surface area contributed by atoms with Gasteiger partial charge in [0.15, 0.2) is 0 Å². The summed E-state index contributed by atoms with van der Waals surface area (Å²) in [6, 6.07) is 23.3. The number of anilines is 1. The average Bonchev–Trinajstić information content (AvgIpc) is 3.28. The summed E-state index contributed by atoms with van der Waals surface area (Å²) in [5, 5.41) is 11.8. The molecule has 0 radical (unpaired) electrons. The van der Waals surface area contributed by atoms with Crippen molar-refractivity contribution >= 4 is 27.6 Å². The van der Waals surface area contributed by atoms with Gasteiger partial charge in [-0.15, -0.1) is 0 Å². The van der Waals surface area contributed by atoms with Crippen molar-refractivity contribution in [3.8, 4) is 17.1 Å². The first-order valence-electron chi connectivity index (χ1n) is 11.7. The number of fused-ring (bicyclic) bond motifs is 2. The van der Waals surface area contributed by atoms with E-state index in [0.29, 0.717) is 23.3 Å². The molecule has 5 aromatic rings. The molecule has 0 bridgehead atoms. The molecule has 0 unspecified atom stereocenters. The zero-order chi connectivity index (χ0) is 24.5. The van der Waals surface area contributed by atoms with E-state index in [0.717, 1.165) is 35.4 Å². The third-order valence-corrected chi connectivity index (χ3v) is 6.35. The predicted octanol–water partition coefficient (Wildman–Crippen LogP) is 4.30. The second-order valence-electron chi connectivity index (χ2n) is 9.13. The van der Waals surface area contributed by atoms with Gasteiger partial charge in [-0.05, 0) is 50.0 Å². The number of rotatable bonds is 7. The van der Waals surface area contributed by atoms with Crippen molar-refractivity contribution in [3.05, 3.63) is 88.7 Å². The van der Waals surface area contributed by atoms with Crippen LogP contribution in [0.3, 0.4) is 0 Å². The number of hydrogen-bond donors (Lipinski definition) is 2. The van der Waals surface area contributed by atoms with E-state index in [9.17, 15) is 9.90 Å². The number of hydrogen-bond acceptors (Lipinski definition) is 5. The number of aromatic amines is 1. The summed E-state index contributed by atoms with van der Waals surface area (Å²) in [5.41, 5.74) is 4.20. The van der Waals surface area contributed by atoms with Gasteiger partial charge in [0.2, 0.25) is 0 Å². The molecule has 0 atom stereocenters. The number of nitrogens with zero attached hydrogens (tertiary/aromatic N) is 4. The summed E-state index contributed by atoms with van der Waals surface area (Å²) in [6.07, 6.45) is 0. The number of benzene rings is 3. The molecule has 0 aliphatic rings. The molecule has 0 spiro atoms. The summed E-state index contributed by atoms with van der Waals surface area (Å²) in [6.45, 7) is 2.22. The van der Waals surface area contributed by atoms with Gasteiger partial charge in [-0.1, -0.05) is 42.5 Å². The molecule has 35 heavy (non-hydrogen) atoms. The Morgan fingerprint density at radius 3 is 2.46 bits per heavy atom. The molecule has 0 aliphatic heterocycles. The maximum atomic E-state index is 13.7. The van der Waals surface area contributed by atoms with Gasteiger partial charge in [0.25, 0.3) is 5.56 Å². The minimum absolute atomic E-state index is 0.0581. The van der Waals surface area contributed by atoms with E-state index in [1.54, 1.807) is 4.57 Å². The zero-order valence-corrected chi connectivity index (χ0v) is 20.2. The number of aromatic hydroxyl groups is 1. The van der Waals surface area contributed by atoms with E-state index in [2.05, 4.69) is 40.9 Å². The number of likely N-dealkylation sites (N-methyl/N-ethyl adjacent to an activating group) is 2. The molecular formula is C28H29N5O2. The van der Waals surface area contributed by atoms with Gasteiger partial charge in [0.1, 0.15) is 17.1 Å². The predicted molar refractivity (Wildman–Crippen MR) is 142 cm³/mol. The third-order valence-electron chi connectivity index (χ3n) is 6.35. The Morgan fingerprint density at radius 1 is 0.943 bits per heavy atom. The van der Waals surface area contributed by atoms with Crippen molar-refractivity contribution < 1.29 is 5.11 Å². The van der Waals surface area contributed by atoms with Crippen molar-refractivity contribution in [2.45, 2.75) is 6.54 Å². The number of nitrogens with one attached hydrogen (secondary N) is 1. The molecule has 2 heterocycles. The fraction of sp³-hybridized carbons (Fsp3) is 0.214. The van der Waals surface area contributed by atoms with Crippen LogP contribution in [-0.4, -0.2) is 58.8 Å². The average molecular weight is 468 g/mol. The first kappa shape index (κ1) is 22.7. The van der Waals surface area contributed by atoms with E-state index >= 15 is 0 Å². The summed E-state index contributed by atoms with van der Waals surface area (Å²) < 4.78 is 1.70. The summed E-state index contributed by atoms with van der Waals surface area (Å²) in [5.74, 6) is 0.306. The largest absolute Gasteiger partial charge is 0.506 e. The lowest BCUT2D eigenvalue weighted by molar-refractivity contribution is 0.416. The van der Waals surface area contributed by atoms with Crippen LogP contribution >= 0.6 is 0 Å². The van der Waals surface area contributed by atoms with Crippen LogP contribution in [0, 0.1) is 0 Å². The summed E-state index contributed by atoms with van der Waals surface area (Å²) in [4.78, 5) is 26.0. The molecule has 0 aliphatic carbocycles. The summed E-state index contributed by atoms with van der Waals surface area (Å²) >= 11 is 0. The van der Waals surface area contributed by atoms with Crippen LogP contribution in [0.5, 0.6) is 5.75 Å². The van der Waals surface area contributed by atoms with Gasteiger partial charge in [0, 0.05) is 31.2 Å². The molecule has 2 N–H and O–H groups in total. The highest BCUT2D eigenvalue weighted by molar-refractivity contribution is 5.92. The Hall–Kier alpha value is -4.10. The second-order valence-corrected chi connectivity index (χ2v) is 9.13. The molecule has 2 aromatic heterocycles. The Balaban J connectivity index is 1.62. The molecule has 5 rings (SSSR count). The molecule has 0 saturated carbocycles. The number of aromatic nitrogens is 3. The zero-order valence-electron chi connectivity index (χ0n) is 20.2. The lowest BCUT2D eigenvalue weighted by Gasteiger charge is -2.21. The van der Waals surface area contributed by atoms with Crippen LogP contribution in [0.25, 0.3) is 33.3 Å². The molecule has 7 heteroatoms. The molecule has 0 fully saturated rings. The van der Waals surface area contributed by atoms with Gasteiger partial charge in [0.05, 0.1) is 23.1 Å². The van der Waals surface area contributed by atoms with E-state index in [4.69, 9.17) is 0 Å². The Kier molecular flexibility index (Phi) is 6.01. The van der Waals surface area contributed by atoms with Gasteiger partial charge < -0.3 is 24.5 Å². The first-order valence-corrected chi connectivity index (χ1v) is 11.7. The van der Waals surface area contributed by atoms with Gasteiger partial charge >= 0.3 is 0 Å². The van der Waals surface area contributed by atoms with Crippen molar-refractivity contribution in [1.29, 1.82) is 0 Å². The SMILES string of the molecule is CN(C)CCN(C)c1ccc2nc(-c3c(O)c4ccccc4n(Cc4ccccc4)c3=O)[nH]c2c1. The highest BCUT2D eigenvalue weighted by Gasteiger charge is 2.21. The van der Waals surface area contributed by atoms with Gasteiger partial charge in [-0.3, -0.25) is 4.79 Å². The second kappa shape index (κ2) is 9.27. The van der Waals surface area contributed by atoms with E-state index in [1.807, 2.05) is 72.8 Å². The molecule has 0 saturated heterocycles. The van der Waals surface area contributed by atoms with E-state index in [1.165, 1.54) is 0 Å². The lowest BCUT2D eigenvalue weighted by atomic mass is 10.1. The smallest absolute Gasteiger partial charge is 0.266 e. The number of pyridine rings is 1. The number of H-pyrrole nitrogens is 1. The lowest BCUT2D eigenvalue weighted by Crippen LogP contribution is -2.28. The van der Waals surface area contributed by atoms with Crippen LogP contribution < -0.4 is 10.5 Å². The molecule has 178 valence electrons. The van der Waals surface area contributed by atoms with Crippen LogP contribution in [0.2, 0.25) is 0 Å². The maximum Gasteiger partial charge on any atom is 0.266 e. The fourth-order valence-corrected chi connectivity index (χ4v) is 4.36. The van der Waals surface area contributed by atoms with Crippen molar-refractivity contribution in [2.24, 2.45) is 0 Å². The quantitative estimate of drug-likeness (QED) is 0.373. The first-order chi connectivity index (χ1) is 16.9. The highest BCUT2D eigenvalue weighted by atomic mass is 16.3. The van der Waals surface area contributed by atoms with E-state index < -0.39 is 0 Å². The monoisotopic (exact) mass is 467 g/mol. The van der Waals surface area contributed by atoms with Gasteiger partial charge in [-0.25, -0.2) is 4.98 Å². The third kappa shape index (κ3) is 4.38. The maximum absolute atomic E-state index is 13.7. The molecule has 0 amide bonds. The van der Waals surface area contributed by atoms with Crippen molar-refractivity contribution in [2.75, 3.05) is 39.1 Å². The van der Waals surface area contributed by atoms with Crippen molar-refractivity contribution in [3.63, 3.8) is 0 Å². The Labute approximate surface area is 203 Å². The molecule has 3 aromatic carbocycles. The minimum Gasteiger partial charge on any atom is -0.506 e. The molecular weight excluding hydrogens is 438 g/mol. The van der Waals surface area contributed by atoms with E-state index in [-0.39, 0.29) is 16.9 Å². The van der Waals surface area contributed by atoms with Crippen LogP contribution in [0.4, 0.5) is 5.69 Å². The number of para-hydroxylation sites is 1. The van der Waals surface area contributed by atoms with Crippen LogP contribution in [-0.2, 0) is 6.54 Å². The Bertz CT molecular complexity index is 1550. The van der Waals surface area contributed by atoms with Crippen LogP contribution in [0.15, 0.2) is 77.6 Å². The normalized spacial score (nSPS) is 11.5. The Morgan fingerprint density at radius 2 is 1.69 bits per heavy atom. The fourth-order valence-electron chi connectivity index (χ4n) is 4.36.